The molecular formula is C22H28N6O2. The summed E-state index contributed by atoms with van der Waals surface area (Å²) in [5.74, 6) is 0.723. The van der Waals surface area contributed by atoms with Gasteiger partial charge in [0.05, 0.1) is 18.2 Å². The first-order valence-electron chi connectivity index (χ1n) is 10.9. The molecule has 1 aromatic carbocycles. The number of hydrogen-bond donors (Lipinski definition) is 1. The molecule has 0 aliphatic carbocycles. The van der Waals surface area contributed by atoms with E-state index in [-0.39, 0.29) is 17.7 Å². The number of nitrogens with one attached hydrogen (secondary N) is 1. The average Bonchev–Trinajstić information content (AvgIpc) is 3.51. The van der Waals surface area contributed by atoms with E-state index >= 15 is 0 Å². The summed E-state index contributed by atoms with van der Waals surface area (Å²) in [6.45, 7) is 7.39. The molecule has 8 heteroatoms. The number of aromatic amines is 1. The maximum atomic E-state index is 13.3. The molecular weight excluding hydrogens is 380 g/mol. The molecule has 2 atom stereocenters. The lowest BCUT2D eigenvalue weighted by molar-refractivity contribution is 0.0912. The van der Waals surface area contributed by atoms with Crippen LogP contribution in [-0.2, 0) is 11.3 Å². The summed E-state index contributed by atoms with van der Waals surface area (Å²) >= 11 is 0. The summed E-state index contributed by atoms with van der Waals surface area (Å²) in [5.41, 5.74) is 3.82. The van der Waals surface area contributed by atoms with Gasteiger partial charge in [-0.15, -0.1) is 5.10 Å². The van der Waals surface area contributed by atoms with Crippen molar-refractivity contribution in [1.29, 1.82) is 0 Å². The van der Waals surface area contributed by atoms with E-state index in [0.717, 1.165) is 67.7 Å². The van der Waals surface area contributed by atoms with Crippen LogP contribution in [0.5, 0.6) is 0 Å². The minimum Gasteiger partial charge on any atom is -0.376 e. The van der Waals surface area contributed by atoms with Crippen molar-refractivity contribution in [2.75, 3.05) is 19.7 Å². The number of aryl methyl sites for hydroxylation is 2. The largest absolute Gasteiger partial charge is 0.376 e. The fourth-order valence-electron chi connectivity index (χ4n) is 4.76. The van der Waals surface area contributed by atoms with Crippen LogP contribution in [0.2, 0.25) is 0 Å². The van der Waals surface area contributed by atoms with E-state index in [2.05, 4.69) is 44.5 Å². The van der Waals surface area contributed by atoms with Crippen molar-refractivity contribution < 1.29 is 4.74 Å². The smallest absolute Gasteiger partial charge is 0.253 e. The third-order valence-electron chi connectivity index (χ3n) is 6.58. The van der Waals surface area contributed by atoms with E-state index in [1.165, 1.54) is 5.56 Å². The first-order chi connectivity index (χ1) is 14.6. The van der Waals surface area contributed by atoms with Crippen LogP contribution in [0.1, 0.15) is 54.2 Å². The predicted octanol–water partition coefficient (Wildman–Crippen LogP) is 2.50. The van der Waals surface area contributed by atoms with Gasteiger partial charge in [0.25, 0.3) is 5.56 Å². The lowest BCUT2D eigenvalue weighted by Gasteiger charge is -2.27. The van der Waals surface area contributed by atoms with Gasteiger partial charge in [-0.25, -0.2) is 4.68 Å². The molecule has 0 radical (unpaired) electrons. The van der Waals surface area contributed by atoms with Crippen LogP contribution in [0.25, 0.3) is 10.9 Å². The Bertz CT molecular complexity index is 1110. The number of pyridine rings is 1. The van der Waals surface area contributed by atoms with Crippen LogP contribution in [0, 0.1) is 13.8 Å². The van der Waals surface area contributed by atoms with E-state index in [1.54, 1.807) is 0 Å². The Morgan fingerprint density at radius 1 is 1.23 bits per heavy atom. The molecule has 4 heterocycles. The molecule has 30 heavy (non-hydrogen) atoms. The number of benzene rings is 1. The van der Waals surface area contributed by atoms with Gasteiger partial charge >= 0.3 is 0 Å². The van der Waals surface area contributed by atoms with Gasteiger partial charge in [-0.1, -0.05) is 12.1 Å². The van der Waals surface area contributed by atoms with Gasteiger partial charge in [0.1, 0.15) is 6.04 Å². The lowest BCUT2D eigenvalue weighted by Crippen LogP contribution is -2.34. The normalized spacial score (nSPS) is 20.9. The van der Waals surface area contributed by atoms with Crippen molar-refractivity contribution in [3.63, 3.8) is 0 Å². The molecule has 0 bridgehead atoms. The number of hydrogen-bond acceptors (Lipinski definition) is 6. The van der Waals surface area contributed by atoms with Gasteiger partial charge in [-0.3, -0.25) is 9.69 Å². The summed E-state index contributed by atoms with van der Waals surface area (Å²) in [6, 6.07) is 5.94. The first-order valence-corrected chi connectivity index (χ1v) is 10.9. The lowest BCUT2D eigenvalue weighted by atomic mass is 10.0. The molecule has 2 saturated heterocycles. The van der Waals surface area contributed by atoms with Crippen LogP contribution >= 0.6 is 0 Å². The van der Waals surface area contributed by atoms with Gasteiger partial charge in [0.15, 0.2) is 5.82 Å². The summed E-state index contributed by atoms with van der Waals surface area (Å²) in [4.78, 5) is 18.7. The second kappa shape index (κ2) is 7.92. The van der Waals surface area contributed by atoms with E-state index in [9.17, 15) is 4.79 Å². The van der Waals surface area contributed by atoms with E-state index < -0.39 is 0 Å². The number of tetrazole rings is 1. The van der Waals surface area contributed by atoms with Crippen molar-refractivity contribution in [3.8, 4) is 0 Å². The molecule has 0 unspecified atom stereocenters. The number of H-pyrrole nitrogens is 1. The van der Waals surface area contributed by atoms with Crippen molar-refractivity contribution in [2.45, 2.75) is 58.2 Å². The molecule has 2 fully saturated rings. The minimum atomic E-state index is -0.265. The van der Waals surface area contributed by atoms with Crippen molar-refractivity contribution in [3.05, 3.63) is 51.1 Å². The summed E-state index contributed by atoms with van der Waals surface area (Å²) in [7, 11) is 0. The maximum Gasteiger partial charge on any atom is 0.253 e. The van der Waals surface area contributed by atoms with Crippen molar-refractivity contribution in [2.24, 2.45) is 0 Å². The van der Waals surface area contributed by atoms with E-state index in [0.29, 0.717) is 12.1 Å². The Balaban J connectivity index is 1.61. The Hall–Kier alpha value is -2.58. The maximum absolute atomic E-state index is 13.3. The quantitative estimate of drug-likeness (QED) is 0.698. The second-order valence-electron chi connectivity index (χ2n) is 8.53. The van der Waals surface area contributed by atoms with Crippen molar-refractivity contribution >= 4 is 10.9 Å². The SMILES string of the molecule is Cc1ccc2cc([C@H](c3nnnn3C[C@@H]3CCCO3)N3CCCC3)c(=O)[nH]c2c1C. The fraction of sp³-hybridized carbons (Fsp3) is 0.545. The Kier molecular flexibility index (Phi) is 5.12. The van der Waals surface area contributed by atoms with Crippen LogP contribution in [0.4, 0.5) is 0 Å². The highest BCUT2D eigenvalue weighted by molar-refractivity contribution is 5.83. The van der Waals surface area contributed by atoms with Gasteiger partial charge in [0, 0.05) is 12.2 Å². The Morgan fingerprint density at radius 2 is 2.07 bits per heavy atom. The van der Waals surface area contributed by atoms with Crippen LogP contribution in [-0.4, -0.2) is 55.9 Å². The molecule has 0 spiro atoms. The molecule has 2 aliphatic heterocycles. The third kappa shape index (κ3) is 3.44. The number of rotatable bonds is 5. The number of nitrogens with zero attached hydrogens (tertiary/aromatic N) is 5. The Labute approximate surface area is 175 Å². The summed E-state index contributed by atoms with van der Waals surface area (Å²) < 4.78 is 7.64. The molecule has 2 aromatic heterocycles. The van der Waals surface area contributed by atoms with Crippen LogP contribution in [0.15, 0.2) is 23.0 Å². The zero-order valence-electron chi connectivity index (χ0n) is 17.6. The topological polar surface area (TPSA) is 88.9 Å². The molecule has 158 valence electrons. The standard InChI is InChI=1S/C22H28N6O2/c1-14-7-8-16-12-18(22(29)23-19(16)15(14)2)20(27-9-3-4-10-27)21-24-25-26-28(21)13-17-6-5-11-30-17/h7-8,12,17,20H,3-6,9-11,13H2,1-2H3,(H,23,29)/t17-,20+/m0/s1. The number of likely N-dealkylation sites (tertiary alicyclic amines) is 1. The molecule has 2 aliphatic rings. The van der Waals surface area contributed by atoms with E-state index in [1.807, 2.05) is 17.7 Å². The van der Waals surface area contributed by atoms with Gasteiger partial charge in [0.2, 0.25) is 0 Å². The van der Waals surface area contributed by atoms with Gasteiger partial charge in [-0.2, -0.15) is 0 Å². The van der Waals surface area contributed by atoms with Crippen molar-refractivity contribution in [1.82, 2.24) is 30.1 Å². The molecule has 0 saturated carbocycles. The number of fused-ring (bicyclic) bond motifs is 1. The Morgan fingerprint density at radius 3 is 2.83 bits per heavy atom. The summed E-state index contributed by atoms with van der Waals surface area (Å²) in [5, 5.41) is 13.6. The molecule has 5 rings (SSSR count). The second-order valence-corrected chi connectivity index (χ2v) is 8.53. The average molecular weight is 409 g/mol. The zero-order valence-corrected chi connectivity index (χ0v) is 17.6. The van der Waals surface area contributed by atoms with Gasteiger partial charge in [-0.05, 0) is 85.6 Å². The van der Waals surface area contributed by atoms with E-state index in [4.69, 9.17) is 4.74 Å². The number of ether oxygens (including phenoxy) is 1. The molecule has 1 N–H and O–H groups in total. The van der Waals surface area contributed by atoms with Crippen LogP contribution in [0.3, 0.4) is 0 Å². The fourth-order valence-corrected chi connectivity index (χ4v) is 4.76. The molecule has 0 amide bonds. The highest BCUT2D eigenvalue weighted by Crippen LogP contribution is 2.31. The summed E-state index contributed by atoms with van der Waals surface area (Å²) in [6.07, 6.45) is 4.46. The van der Waals surface area contributed by atoms with Crippen LogP contribution < -0.4 is 5.56 Å². The molecule has 3 aromatic rings. The van der Waals surface area contributed by atoms with Gasteiger partial charge < -0.3 is 9.72 Å². The zero-order chi connectivity index (χ0) is 20.7. The monoisotopic (exact) mass is 408 g/mol. The minimum absolute atomic E-state index is 0.0697. The first kappa shape index (κ1) is 19.4. The highest BCUT2D eigenvalue weighted by atomic mass is 16.5. The number of aromatic nitrogens is 5. The molecule has 8 nitrogen and oxygen atoms in total. The predicted molar refractivity (Wildman–Crippen MR) is 113 cm³/mol. The third-order valence-corrected chi connectivity index (χ3v) is 6.58. The highest BCUT2D eigenvalue weighted by Gasteiger charge is 2.33.